The van der Waals surface area contributed by atoms with Crippen LogP contribution < -0.4 is 0 Å². The summed E-state index contributed by atoms with van der Waals surface area (Å²) in [5.41, 5.74) is 2.11. The summed E-state index contributed by atoms with van der Waals surface area (Å²) in [7, 11) is 2.09. The molecule has 0 aliphatic heterocycles. The summed E-state index contributed by atoms with van der Waals surface area (Å²) < 4.78 is 1.08. The summed E-state index contributed by atoms with van der Waals surface area (Å²) in [5.74, 6) is 1.02. The van der Waals surface area contributed by atoms with Gasteiger partial charge in [-0.15, -0.1) is 0 Å². The number of aromatic amines is 1. The Labute approximate surface area is 97.6 Å². The first-order valence-electron chi connectivity index (χ1n) is 5.01. The summed E-state index contributed by atoms with van der Waals surface area (Å²) >= 11 is 3.45. The van der Waals surface area contributed by atoms with Crippen LogP contribution in [0.5, 0.6) is 0 Å². The SMILES string of the molecule is CCN(C)Cc1nc2ccc(Br)cc2[nH]1. The zero-order chi connectivity index (χ0) is 10.8. The number of imidazole rings is 1. The summed E-state index contributed by atoms with van der Waals surface area (Å²) in [5, 5.41) is 0. The lowest BCUT2D eigenvalue weighted by Crippen LogP contribution is -2.17. The van der Waals surface area contributed by atoms with E-state index in [1.807, 2.05) is 12.1 Å². The van der Waals surface area contributed by atoms with Crippen LogP contribution in [0.4, 0.5) is 0 Å². The smallest absolute Gasteiger partial charge is 0.121 e. The molecule has 1 N–H and O–H groups in total. The van der Waals surface area contributed by atoms with Gasteiger partial charge < -0.3 is 4.98 Å². The van der Waals surface area contributed by atoms with Crippen molar-refractivity contribution in [2.45, 2.75) is 13.5 Å². The fourth-order valence-corrected chi connectivity index (χ4v) is 1.84. The molecule has 0 fully saturated rings. The Morgan fingerprint density at radius 2 is 2.27 bits per heavy atom. The molecule has 2 aromatic rings. The minimum atomic E-state index is 0.864. The zero-order valence-corrected chi connectivity index (χ0v) is 10.5. The minimum Gasteiger partial charge on any atom is -0.341 e. The van der Waals surface area contributed by atoms with Gasteiger partial charge in [0.1, 0.15) is 5.82 Å². The number of aromatic nitrogens is 2. The molecule has 80 valence electrons. The maximum absolute atomic E-state index is 4.52. The first-order chi connectivity index (χ1) is 7.19. The summed E-state index contributed by atoms with van der Waals surface area (Å²) in [4.78, 5) is 10.1. The minimum absolute atomic E-state index is 0.864. The highest BCUT2D eigenvalue weighted by molar-refractivity contribution is 9.10. The van der Waals surface area contributed by atoms with Gasteiger partial charge in [0, 0.05) is 4.47 Å². The van der Waals surface area contributed by atoms with Crippen molar-refractivity contribution < 1.29 is 0 Å². The van der Waals surface area contributed by atoms with Gasteiger partial charge >= 0.3 is 0 Å². The van der Waals surface area contributed by atoms with Crippen molar-refractivity contribution in [1.82, 2.24) is 14.9 Å². The Bertz CT molecular complexity index is 464. The molecule has 0 amide bonds. The average molecular weight is 268 g/mol. The molecule has 0 atom stereocenters. The number of halogens is 1. The largest absolute Gasteiger partial charge is 0.341 e. The van der Waals surface area contributed by atoms with E-state index < -0.39 is 0 Å². The highest BCUT2D eigenvalue weighted by atomic mass is 79.9. The molecule has 1 heterocycles. The Balaban J connectivity index is 2.30. The zero-order valence-electron chi connectivity index (χ0n) is 8.92. The van der Waals surface area contributed by atoms with E-state index in [4.69, 9.17) is 0 Å². The van der Waals surface area contributed by atoms with Crippen LogP contribution in [-0.2, 0) is 6.54 Å². The molecule has 0 bridgehead atoms. The second kappa shape index (κ2) is 4.33. The van der Waals surface area contributed by atoms with E-state index in [0.29, 0.717) is 0 Å². The molecule has 0 spiro atoms. The number of hydrogen-bond donors (Lipinski definition) is 1. The van der Waals surface area contributed by atoms with E-state index in [-0.39, 0.29) is 0 Å². The third-order valence-electron chi connectivity index (χ3n) is 2.45. The number of H-pyrrole nitrogens is 1. The van der Waals surface area contributed by atoms with Crippen LogP contribution >= 0.6 is 15.9 Å². The number of hydrogen-bond acceptors (Lipinski definition) is 2. The van der Waals surface area contributed by atoms with E-state index >= 15 is 0 Å². The quantitative estimate of drug-likeness (QED) is 0.928. The number of nitrogens with one attached hydrogen (secondary N) is 1. The van der Waals surface area contributed by atoms with Crippen LogP contribution in [-0.4, -0.2) is 28.5 Å². The number of fused-ring (bicyclic) bond motifs is 1. The highest BCUT2D eigenvalue weighted by Crippen LogP contribution is 2.17. The second-order valence-electron chi connectivity index (χ2n) is 3.68. The van der Waals surface area contributed by atoms with E-state index in [9.17, 15) is 0 Å². The molecule has 0 saturated heterocycles. The van der Waals surface area contributed by atoms with Gasteiger partial charge in [-0.2, -0.15) is 0 Å². The molecule has 0 saturated carbocycles. The predicted octanol–water partition coefficient (Wildman–Crippen LogP) is 2.78. The Morgan fingerprint density at radius 1 is 1.47 bits per heavy atom. The van der Waals surface area contributed by atoms with Crippen LogP contribution in [0.2, 0.25) is 0 Å². The van der Waals surface area contributed by atoms with Gasteiger partial charge in [0.25, 0.3) is 0 Å². The van der Waals surface area contributed by atoms with Crippen molar-refractivity contribution in [2.75, 3.05) is 13.6 Å². The van der Waals surface area contributed by atoms with Crippen LogP contribution in [0.25, 0.3) is 11.0 Å². The normalized spacial score (nSPS) is 11.5. The molecule has 2 rings (SSSR count). The van der Waals surface area contributed by atoms with Crippen molar-refractivity contribution in [1.29, 1.82) is 0 Å². The van der Waals surface area contributed by atoms with Gasteiger partial charge in [0.05, 0.1) is 17.6 Å². The van der Waals surface area contributed by atoms with Crippen LogP contribution in [0, 0.1) is 0 Å². The summed E-state index contributed by atoms with van der Waals surface area (Å²) in [6.45, 7) is 4.03. The molecule has 0 radical (unpaired) electrons. The van der Waals surface area contributed by atoms with Gasteiger partial charge in [-0.3, -0.25) is 4.90 Å². The molecule has 1 aromatic heterocycles. The van der Waals surface area contributed by atoms with Crippen molar-refractivity contribution in [3.05, 3.63) is 28.5 Å². The van der Waals surface area contributed by atoms with Crippen LogP contribution in [0.15, 0.2) is 22.7 Å². The number of benzene rings is 1. The van der Waals surface area contributed by atoms with Crippen molar-refractivity contribution >= 4 is 27.0 Å². The maximum Gasteiger partial charge on any atom is 0.121 e. The van der Waals surface area contributed by atoms with E-state index in [2.05, 4.69) is 50.8 Å². The molecule has 3 nitrogen and oxygen atoms in total. The van der Waals surface area contributed by atoms with E-state index in [1.54, 1.807) is 0 Å². The third-order valence-corrected chi connectivity index (χ3v) is 2.95. The molecular weight excluding hydrogens is 254 g/mol. The van der Waals surface area contributed by atoms with Crippen molar-refractivity contribution in [3.8, 4) is 0 Å². The van der Waals surface area contributed by atoms with E-state index in [0.717, 1.165) is 34.4 Å². The molecule has 0 aliphatic carbocycles. The molecular formula is C11H14BrN3. The number of rotatable bonds is 3. The topological polar surface area (TPSA) is 31.9 Å². The summed E-state index contributed by atoms with van der Waals surface area (Å²) in [6, 6.07) is 6.08. The lowest BCUT2D eigenvalue weighted by atomic mass is 10.3. The van der Waals surface area contributed by atoms with Gasteiger partial charge in [-0.05, 0) is 31.8 Å². The number of nitrogens with zero attached hydrogens (tertiary/aromatic N) is 2. The van der Waals surface area contributed by atoms with Gasteiger partial charge in [-0.1, -0.05) is 22.9 Å². The van der Waals surface area contributed by atoms with Crippen LogP contribution in [0.1, 0.15) is 12.7 Å². The van der Waals surface area contributed by atoms with Crippen LogP contribution in [0.3, 0.4) is 0 Å². The third kappa shape index (κ3) is 2.38. The Kier molecular flexibility index (Phi) is 3.07. The molecule has 4 heteroatoms. The predicted molar refractivity (Wildman–Crippen MR) is 65.8 cm³/mol. The van der Waals surface area contributed by atoms with E-state index in [1.165, 1.54) is 0 Å². The lowest BCUT2D eigenvalue weighted by Gasteiger charge is -2.10. The molecule has 0 aliphatic rings. The second-order valence-corrected chi connectivity index (χ2v) is 4.59. The monoisotopic (exact) mass is 267 g/mol. The maximum atomic E-state index is 4.52. The van der Waals surface area contributed by atoms with Gasteiger partial charge in [0.15, 0.2) is 0 Å². The van der Waals surface area contributed by atoms with Gasteiger partial charge in [0.2, 0.25) is 0 Å². The van der Waals surface area contributed by atoms with Crippen molar-refractivity contribution in [3.63, 3.8) is 0 Å². The molecule has 15 heavy (non-hydrogen) atoms. The first-order valence-corrected chi connectivity index (χ1v) is 5.81. The fourth-order valence-electron chi connectivity index (χ4n) is 1.48. The first kappa shape index (κ1) is 10.6. The molecule has 0 unspecified atom stereocenters. The average Bonchev–Trinajstić information content (AvgIpc) is 2.59. The molecule has 1 aromatic carbocycles. The Hall–Kier alpha value is -0.870. The summed E-state index contributed by atoms with van der Waals surface area (Å²) in [6.07, 6.45) is 0. The van der Waals surface area contributed by atoms with Crippen molar-refractivity contribution in [2.24, 2.45) is 0 Å². The van der Waals surface area contributed by atoms with Gasteiger partial charge in [-0.25, -0.2) is 4.98 Å². The highest BCUT2D eigenvalue weighted by Gasteiger charge is 2.04. The standard InChI is InChI=1S/C11H14BrN3/c1-3-15(2)7-11-13-9-5-4-8(12)6-10(9)14-11/h4-6H,3,7H2,1-2H3,(H,13,14). The Morgan fingerprint density at radius 3 is 3.00 bits per heavy atom. The fraction of sp³-hybridized carbons (Fsp3) is 0.364. The lowest BCUT2D eigenvalue weighted by molar-refractivity contribution is 0.338.